The van der Waals surface area contributed by atoms with E-state index in [1.54, 1.807) is 6.08 Å². The first-order valence-electron chi connectivity index (χ1n) is 4.43. The average molecular weight is 165 g/mol. The first-order valence-corrected chi connectivity index (χ1v) is 4.43. The number of allylic oxidation sites excluding steroid dienone is 1. The van der Waals surface area contributed by atoms with Gasteiger partial charge in [-0.1, -0.05) is 19.4 Å². The fourth-order valence-electron chi connectivity index (χ4n) is 1.41. The molecule has 0 saturated carbocycles. The van der Waals surface area contributed by atoms with E-state index < -0.39 is 0 Å². The van der Waals surface area contributed by atoms with Crippen molar-refractivity contribution in [3.63, 3.8) is 0 Å². The van der Waals surface area contributed by atoms with E-state index in [4.69, 9.17) is 10.00 Å². The lowest BCUT2D eigenvalue weighted by atomic mass is 9.95. The van der Waals surface area contributed by atoms with Gasteiger partial charge in [-0.25, -0.2) is 0 Å². The Morgan fingerprint density at radius 1 is 1.67 bits per heavy atom. The summed E-state index contributed by atoms with van der Waals surface area (Å²) in [6, 6.07) is 2.08. The molecule has 2 heteroatoms. The molecule has 0 aliphatic carbocycles. The molecule has 2 nitrogen and oxygen atoms in total. The molecule has 0 aromatic rings. The van der Waals surface area contributed by atoms with Gasteiger partial charge in [0.2, 0.25) is 0 Å². The lowest BCUT2D eigenvalue weighted by molar-refractivity contribution is 0.00658. The van der Waals surface area contributed by atoms with Gasteiger partial charge in [0.25, 0.3) is 0 Å². The molecule has 1 aliphatic heterocycles. The Labute approximate surface area is 73.8 Å². The molecule has 1 fully saturated rings. The maximum Gasteiger partial charge on any atom is 0.0911 e. The van der Waals surface area contributed by atoms with Crippen molar-refractivity contribution in [1.82, 2.24) is 0 Å². The Kier molecular flexibility index (Phi) is 3.31. The molecule has 0 aromatic carbocycles. The van der Waals surface area contributed by atoms with Crippen LogP contribution in [0.15, 0.2) is 11.6 Å². The fraction of sp³-hybridized carbons (Fsp3) is 0.700. The Balaban J connectivity index is 2.53. The number of nitriles is 1. The summed E-state index contributed by atoms with van der Waals surface area (Å²) in [6.45, 7) is 5.08. The van der Waals surface area contributed by atoms with Crippen LogP contribution >= 0.6 is 0 Å². The van der Waals surface area contributed by atoms with E-state index in [0.717, 1.165) is 19.4 Å². The van der Waals surface area contributed by atoms with E-state index >= 15 is 0 Å². The van der Waals surface area contributed by atoms with Gasteiger partial charge < -0.3 is 4.74 Å². The van der Waals surface area contributed by atoms with E-state index in [1.165, 1.54) is 5.57 Å². The highest BCUT2D eigenvalue weighted by molar-refractivity contribution is 5.15. The van der Waals surface area contributed by atoms with Crippen LogP contribution < -0.4 is 0 Å². The van der Waals surface area contributed by atoms with Crippen LogP contribution in [0.25, 0.3) is 0 Å². The zero-order chi connectivity index (χ0) is 8.97. The molecule has 0 bridgehead atoms. The molecule has 66 valence electrons. The van der Waals surface area contributed by atoms with Gasteiger partial charge in [0, 0.05) is 6.08 Å². The van der Waals surface area contributed by atoms with E-state index in [2.05, 4.69) is 19.9 Å². The quantitative estimate of drug-likeness (QED) is 0.558. The van der Waals surface area contributed by atoms with Crippen LogP contribution in [0.3, 0.4) is 0 Å². The maximum absolute atomic E-state index is 8.48. The SMILES string of the molecule is CC(C)C1CC(=CC#N)CCO1. The van der Waals surface area contributed by atoms with Gasteiger partial charge in [-0.05, 0) is 18.8 Å². The molecule has 0 aromatic heterocycles. The lowest BCUT2D eigenvalue weighted by Gasteiger charge is -2.27. The van der Waals surface area contributed by atoms with Crippen LogP contribution in [0.1, 0.15) is 26.7 Å². The molecule has 0 radical (unpaired) electrons. The van der Waals surface area contributed by atoms with Crippen molar-refractivity contribution in [1.29, 1.82) is 5.26 Å². The van der Waals surface area contributed by atoms with Crippen molar-refractivity contribution >= 4 is 0 Å². The monoisotopic (exact) mass is 165 g/mol. The van der Waals surface area contributed by atoms with Gasteiger partial charge in [0.15, 0.2) is 0 Å². The molecule has 1 aliphatic rings. The predicted octanol–water partition coefficient (Wildman–Crippen LogP) is 2.27. The summed E-state index contributed by atoms with van der Waals surface area (Å²) in [4.78, 5) is 0. The van der Waals surface area contributed by atoms with E-state index in [1.807, 2.05) is 0 Å². The van der Waals surface area contributed by atoms with Gasteiger partial charge in [-0.2, -0.15) is 5.26 Å². The molecule has 1 unspecified atom stereocenters. The first-order chi connectivity index (χ1) is 5.74. The van der Waals surface area contributed by atoms with Crippen molar-refractivity contribution in [3.05, 3.63) is 11.6 Å². The summed E-state index contributed by atoms with van der Waals surface area (Å²) in [7, 11) is 0. The number of nitrogens with zero attached hydrogens (tertiary/aromatic N) is 1. The third kappa shape index (κ3) is 2.35. The normalized spacial score (nSPS) is 27.5. The average Bonchev–Trinajstić information content (AvgIpc) is 2.05. The van der Waals surface area contributed by atoms with Crippen LogP contribution in [0, 0.1) is 17.2 Å². The minimum atomic E-state index is 0.318. The van der Waals surface area contributed by atoms with Gasteiger partial charge in [-0.15, -0.1) is 0 Å². The molecule has 0 N–H and O–H groups in total. The molecule has 1 atom stereocenters. The molecule has 0 amide bonds. The molecule has 1 saturated heterocycles. The standard InChI is InChI=1S/C10H15NO/c1-8(2)10-7-9(3-5-11)4-6-12-10/h3,8,10H,4,6-7H2,1-2H3. The molecule has 1 rings (SSSR count). The molecular formula is C10H15NO. The maximum atomic E-state index is 8.48. The van der Waals surface area contributed by atoms with Crippen LogP contribution in [0.5, 0.6) is 0 Å². The number of rotatable bonds is 1. The number of hydrogen-bond donors (Lipinski definition) is 0. The second-order valence-electron chi connectivity index (χ2n) is 3.54. The van der Waals surface area contributed by atoms with Gasteiger partial charge in [0.05, 0.1) is 18.8 Å². The smallest absolute Gasteiger partial charge is 0.0911 e. The van der Waals surface area contributed by atoms with Crippen molar-refractivity contribution in [2.45, 2.75) is 32.8 Å². The first kappa shape index (κ1) is 9.28. The third-order valence-electron chi connectivity index (χ3n) is 2.23. The summed E-state index contributed by atoms with van der Waals surface area (Å²) in [6.07, 6.45) is 3.85. The Bertz CT molecular complexity index is 212. The van der Waals surface area contributed by atoms with Crippen LogP contribution in [0.2, 0.25) is 0 Å². The van der Waals surface area contributed by atoms with Gasteiger partial charge in [-0.3, -0.25) is 0 Å². The van der Waals surface area contributed by atoms with Crippen LogP contribution in [-0.2, 0) is 4.74 Å². The van der Waals surface area contributed by atoms with Gasteiger partial charge >= 0.3 is 0 Å². The summed E-state index contributed by atoms with van der Waals surface area (Å²) in [5.74, 6) is 0.549. The molecule has 0 spiro atoms. The van der Waals surface area contributed by atoms with Crippen LogP contribution in [-0.4, -0.2) is 12.7 Å². The van der Waals surface area contributed by atoms with E-state index in [0.29, 0.717) is 12.0 Å². The van der Waals surface area contributed by atoms with E-state index in [-0.39, 0.29) is 0 Å². The minimum Gasteiger partial charge on any atom is -0.377 e. The molecular weight excluding hydrogens is 150 g/mol. The zero-order valence-corrected chi connectivity index (χ0v) is 7.71. The van der Waals surface area contributed by atoms with Crippen molar-refractivity contribution in [2.75, 3.05) is 6.61 Å². The van der Waals surface area contributed by atoms with Crippen LogP contribution in [0.4, 0.5) is 0 Å². The fourth-order valence-corrected chi connectivity index (χ4v) is 1.41. The second-order valence-corrected chi connectivity index (χ2v) is 3.54. The second kappa shape index (κ2) is 4.27. The highest BCUT2D eigenvalue weighted by Gasteiger charge is 2.19. The Morgan fingerprint density at radius 2 is 2.42 bits per heavy atom. The molecule has 1 heterocycles. The third-order valence-corrected chi connectivity index (χ3v) is 2.23. The zero-order valence-electron chi connectivity index (χ0n) is 7.71. The largest absolute Gasteiger partial charge is 0.377 e. The Hall–Kier alpha value is -0.810. The number of ether oxygens (including phenoxy) is 1. The Morgan fingerprint density at radius 3 is 3.00 bits per heavy atom. The molecule has 12 heavy (non-hydrogen) atoms. The summed E-state index contributed by atoms with van der Waals surface area (Å²) >= 11 is 0. The van der Waals surface area contributed by atoms with Crippen molar-refractivity contribution in [2.24, 2.45) is 5.92 Å². The summed E-state index contributed by atoms with van der Waals surface area (Å²) < 4.78 is 5.57. The number of hydrogen-bond acceptors (Lipinski definition) is 2. The van der Waals surface area contributed by atoms with Crippen molar-refractivity contribution < 1.29 is 4.74 Å². The van der Waals surface area contributed by atoms with Crippen molar-refractivity contribution in [3.8, 4) is 6.07 Å². The summed E-state index contributed by atoms with van der Waals surface area (Å²) in [5, 5.41) is 8.48. The summed E-state index contributed by atoms with van der Waals surface area (Å²) in [5.41, 5.74) is 1.24. The topological polar surface area (TPSA) is 33.0 Å². The minimum absolute atomic E-state index is 0.318. The van der Waals surface area contributed by atoms with E-state index in [9.17, 15) is 0 Å². The highest BCUT2D eigenvalue weighted by atomic mass is 16.5. The van der Waals surface area contributed by atoms with Gasteiger partial charge in [0.1, 0.15) is 0 Å². The lowest BCUT2D eigenvalue weighted by Crippen LogP contribution is -2.25. The highest BCUT2D eigenvalue weighted by Crippen LogP contribution is 2.23. The predicted molar refractivity (Wildman–Crippen MR) is 47.5 cm³/mol.